The molecular weight excluding hydrogens is 274 g/mol. The van der Waals surface area contributed by atoms with Crippen LogP contribution in [-0.4, -0.2) is 29.9 Å². The first-order chi connectivity index (χ1) is 9.40. The van der Waals surface area contributed by atoms with E-state index in [1.54, 1.807) is 18.2 Å². The average Bonchev–Trinajstić information content (AvgIpc) is 2.38. The Balaban J connectivity index is 2.91. The highest BCUT2D eigenvalue weighted by molar-refractivity contribution is 6.34. The Morgan fingerprint density at radius 2 is 1.95 bits per heavy atom. The van der Waals surface area contributed by atoms with Gasteiger partial charge in [-0.1, -0.05) is 39.3 Å². The highest BCUT2D eigenvalue weighted by Crippen LogP contribution is 2.25. The number of nitrogens with one attached hydrogen (secondary N) is 1. The van der Waals surface area contributed by atoms with Crippen molar-refractivity contribution in [2.24, 2.45) is 5.92 Å². The molecule has 5 heteroatoms. The molecule has 1 amide bonds. The summed E-state index contributed by atoms with van der Waals surface area (Å²) in [6.07, 6.45) is 0. The van der Waals surface area contributed by atoms with Gasteiger partial charge < -0.3 is 11.1 Å². The summed E-state index contributed by atoms with van der Waals surface area (Å²) in [4.78, 5) is 14.7. The zero-order chi connectivity index (χ0) is 15.3. The van der Waals surface area contributed by atoms with Gasteiger partial charge in [0.15, 0.2) is 0 Å². The summed E-state index contributed by atoms with van der Waals surface area (Å²) in [6.45, 7) is 9.88. The Kier molecular flexibility index (Phi) is 6.30. The van der Waals surface area contributed by atoms with E-state index >= 15 is 0 Å². The van der Waals surface area contributed by atoms with Crippen LogP contribution in [0.1, 0.15) is 27.7 Å². The van der Waals surface area contributed by atoms with Crippen molar-refractivity contribution < 1.29 is 4.79 Å². The molecule has 112 valence electrons. The van der Waals surface area contributed by atoms with Crippen LogP contribution in [0.25, 0.3) is 0 Å². The quantitative estimate of drug-likeness (QED) is 0.793. The first-order valence-electron chi connectivity index (χ1n) is 7.00. The van der Waals surface area contributed by atoms with Gasteiger partial charge in [0.2, 0.25) is 5.91 Å². The number of rotatable bonds is 6. The molecule has 0 radical (unpaired) electrons. The molecule has 3 N–H and O–H groups in total. The molecule has 0 heterocycles. The van der Waals surface area contributed by atoms with E-state index in [4.69, 9.17) is 17.3 Å². The van der Waals surface area contributed by atoms with Crippen LogP contribution in [-0.2, 0) is 4.79 Å². The summed E-state index contributed by atoms with van der Waals surface area (Å²) >= 11 is 6.10. The molecule has 0 aromatic heterocycles. The number of hydrogen-bond acceptors (Lipinski definition) is 3. The molecule has 0 aliphatic rings. The van der Waals surface area contributed by atoms with Gasteiger partial charge in [-0.15, -0.1) is 0 Å². The zero-order valence-electron chi connectivity index (χ0n) is 12.6. The van der Waals surface area contributed by atoms with Crippen LogP contribution < -0.4 is 11.1 Å². The summed E-state index contributed by atoms with van der Waals surface area (Å²) in [7, 11) is 0. The lowest BCUT2D eigenvalue weighted by molar-refractivity contribution is -0.122. The number of hydrogen-bond donors (Lipinski definition) is 2. The lowest BCUT2D eigenvalue weighted by atomic mass is 10.0. The number of nitrogen functional groups attached to an aromatic ring is 1. The largest absolute Gasteiger partial charge is 0.399 e. The van der Waals surface area contributed by atoms with E-state index in [2.05, 4.69) is 24.1 Å². The van der Waals surface area contributed by atoms with Crippen molar-refractivity contribution in [3.05, 3.63) is 23.2 Å². The van der Waals surface area contributed by atoms with Gasteiger partial charge in [-0.2, -0.15) is 0 Å². The molecule has 0 saturated carbocycles. The van der Waals surface area contributed by atoms with Crippen LogP contribution in [0.4, 0.5) is 11.4 Å². The normalized spacial score (nSPS) is 12.8. The minimum Gasteiger partial charge on any atom is -0.399 e. The number of nitrogens with two attached hydrogens (primary N) is 1. The Morgan fingerprint density at radius 3 is 2.40 bits per heavy atom. The van der Waals surface area contributed by atoms with Crippen molar-refractivity contribution in [2.45, 2.75) is 33.7 Å². The minimum atomic E-state index is -0.168. The second-order valence-electron chi connectivity index (χ2n) is 5.14. The number of carbonyl (C=O) groups excluding carboxylic acids is 1. The molecule has 0 aliphatic heterocycles. The van der Waals surface area contributed by atoms with E-state index in [-0.39, 0.29) is 17.9 Å². The Labute approximate surface area is 126 Å². The highest BCUT2D eigenvalue weighted by Gasteiger charge is 2.27. The average molecular weight is 298 g/mol. The molecule has 1 rings (SSSR count). The SMILES string of the molecule is CCN(CC)C(C(=O)Nc1ccc(N)cc1Cl)C(C)C. The number of likely N-dealkylation sites (N-methyl/N-ethyl adjacent to an activating group) is 1. The molecule has 20 heavy (non-hydrogen) atoms. The van der Waals surface area contributed by atoms with Crippen LogP contribution in [0.2, 0.25) is 5.02 Å². The van der Waals surface area contributed by atoms with Crippen LogP contribution in [0.15, 0.2) is 18.2 Å². The summed E-state index contributed by atoms with van der Waals surface area (Å²) in [5, 5.41) is 3.36. The first kappa shape index (κ1) is 16.8. The van der Waals surface area contributed by atoms with Crippen molar-refractivity contribution in [1.82, 2.24) is 4.90 Å². The number of halogens is 1. The molecule has 0 aliphatic carbocycles. The highest BCUT2D eigenvalue weighted by atomic mass is 35.5. The van der Waals surface area contributed by atoms with Gasteiger partial charge in [0, 0.05) is 5.69 Å². The fraction of sp³-hybridized carbons (Fsp3) is 0.533. The van der Waals surface area contributed by atoms with Gasteiger partial charge in [-0.3, -0.25) is 9.69 Å². The van der Waals surface area contributed by atoms with E-state index < -0.39 is 0 Å². The third kappa shape index (κ3) is 4.12. The molecule has 0 spiro atoms. The number of amides is 1. The summed E-state index contributed by atoms with van der Waals surface area (Å²) in [5.41, 5.74) is 6.83. The number of carbonyl (C=O) groups is 1. The molecule has 0 fully saturated rings. The maximum Gasteiger partial charge on any atom is 0.242 e. The van der Waals surface area contributed by atoms with Crippen molar-refractivity contribution in [2.75, 3.05) is 24.1 Å². The van der Waals surface area contributed by atoms with Crippen molar-refractivity contribution >= 4 is 28.9 Å². The topological polar surface area (TPSA) is 58.4 Å². The Hall–Kier alpha value is -1.26. The Bertz CT molecular complexity index is 458. The summed E-state index contributed by atoms with van der Waals surface area (Å²) in [5.74, 6) is 0.192. The molecular formula is C15H24ClN3O. The second kappa shape index (κ2) is 7.50. The third-order valence-electron chi connectivity index (χ3n) is 3.36. The van der Waals surface area contributed by atoms with Crippen molar-refractivity contribution in [1.29, 1.82) is 0 Å². The standard InChI is InChI=1S/C15H24ClN3O/c1-5-19(6-2)14(10(3)4)15(20)18-13-8-7-11(17)9-12(13)16/h7-10,14H,5-6,17H2,1-4H3,(H,18,20). The maximum atomic E-state index is 12.5. The lowest BCUT2D eigenvalue weighted by Gasteiger charge is -2.31. The van der Waals surface area contributed by atoms with Gasteiger partial charge in [0.1, 0.15) is 0 Å². The van der Waals surface area contributed by atoms with Gasteiger partial charge in [-0.25, -0.2) is 0 Å². The fourth-order valence-electron chi connectivity index (χ4n) is 2.35. The zero-order valence-corrected chi connectivity index (χ0v) is 13.4. The molecule has 1 unspecified atom stereocenters. The van der Waals surface area contributed by atoms with E-state index in [9.17, 15) is 4.79 Å². The van der Waals surface area contributed by atoms with Crippen LogP contribution in [0.5, 0.6) is 0 Å². The van der Waals surface area contributed by atoms with E-state index in [1.807, 2.05) is 13.8 Å². The fourth-order valence-corrected chi connectivity index (χ4v) is 2.58. The third-order valence-corrected chi connectivity index (χ3v) is 3.67. The predicted molar refractivity (Wildman–Crippen MR) is 86.0 cm³/mol. The lowest BCUT2D eigenvalue weighted by Crippen LogP contribution is -2.47. The Morgan fingerprint density at radius 1 is 1.35 bits per heavy atom. The monoisotopic (exact) mass is 297 g/mol. The maximum absolute atomic E-state index is 12.5. The van der Waals surface area contributed by atoms with Crippen LogP contribution in [0, 0.1) is 5.92 Å². The van der Waals surface area contributed by atoms with Crippen LogP contribution in [0.3, 0.4) is 0 Å². The number of nitrogens with zero attached hydrogens (tertiary/aromatic N) is 1. The van der Waals surface area contributed by atoms with Gasteiger partial charge in [0.05, 0.1) is 16.8 Å². The van der Waals surface area contributed by atoms with Crippen LogP contribution >= 0.6 is 11.6 Å². The molecule has 1 atom stereocenters. The van der Waals surface area contributed by atoms with E-state index in [0.717, 1.165) is 13.1 Å². The predicted octanol–water partition coefficient (Wildman–Crippen LogP) is 3.23. The van der Waals surface area contributed by atoms with Gasteiger partial charge in [-0.05, 0) is 37.2 Å². The molecule has 1 aromatic rings. The smallest absolute Gasteiger partial charge is 0.242 e. The summed E-state index contributed by atoms with van der Waals surface area (Å²) in [6, 6.07) is 4.93. The molecule has 4 nitrogen and oxygen atoms in total. The molecule has 0 bridgehead atoms. The number of anilines is 2. The van der Waals surface area contributed by atoms with Crippen molar-refractivity contribution in [3.8, 4) is 0 Å². The first-order valence-corrected chi connectivity index (χ1v) is 7.38. The molecule has 0 saturated heterocycles. The minimum absolute atomic E-state index is 0.0321. The van der Waals surface area contributed by atoms with E-state index in [1.165, 1.54) is 0 Å². The van der Waals surface area contributed by atoms with Crippen molar-refractivity contribution in [3.63, 3.8) is 0 Å². The van der Waals surface area contributed by atoms with Gasteiger partial charge in [0.25, 0.3) is 0 Å². The number of benzene rings is 1. The molecule has 1 aromatic carbocycles. The van der Waals surface area contributed by atoms with E-state index in [0.29, 0.717) is 16.4 Å². The second-order valence-corrected chi connectivity index (χ2v) is 5.55. The van der Waals surface area contributed by atoms with Gasteiger partial charge >= 0.3 is 0 Å². The summed E-state index contributed by atoms with van der Waals surface area (Å²) < 4.78 is 0.